The van der Waals surface area contributed by atoms with Crippen LogP contribution in [0.4, 0.5) is 0 Å². The van der Waals surface area contributed by atoms with Crippen LogP contribution in [0.15, 0.2) is 6.07 Å². The summed E-state index contributed by atoms with van der Waals surface area (Å²) < 4.78 is 0. The Morgan fingerprint density at radius 3 is 2.50 bits per heavy atom. The van der Waals surface area contributed by atoms with E-state index in [1.807, 2.05) is 6.92 Å². The Kier molecular flexibility index (Phi) is 5.76. The molecule has 0 radical (unpaired) electrons. The van der Waals surface area contributed by atoms with Crippen LogP contribution in [0.1, 0.15) is 55.2 Å². The van der Waals surface area contributed by atoms with Crippen LogP contribution < -0.4 is 5.32 Å². The monoisotopic (exact) mass is 250 g/mol. The molecule has 0 saturated carbocycles. The number of rotatable bonds is 6. The molecule has 1 aromatic rings. The van der Waals surface area contributed by atoms with Crippen LogP contribution in [-0.4, -0.2) is 22.7 Å². The maximum atomic E-state index is 8.85. The van der Waals surface area contributed by atoms with Gasteiger partial charge < -0.3 is 10.4 Å². The minimum absolute atomic E-state index is 0.268. The van der Waals surface area contributed by atoms with Gasteiger partial charge in [-0.1, -0.05) is 0 Å². The van der Waals surface area contributed by atoms with Gasteiger partial charge in [-0.25, -0.2) is 0 Å². The Bertz CT molecular complexity index is 367. The molecule has 0 saturated heterocycles. The van der Waals surface area contributed by atoms with Gasteiger partial charge in [0.05, 0.1) is 0 Å². The Hall–Kier alpha value is -0.930. The van der Waals surface area contributed by atoms with Crippen LogP contribution in [0.3, 0.4) is 0 Å². The summed E-state index contributed by atoms with van der Waals surface area (Å²) in [4.78, 5) is 4.54. The van der Waals surface area contributed by atoms with Crippen molar-refractivity contribution in [3.8, 4) is 0 Å². The van der Waals surface area contributed by atoms with Crippen molar-refractivity contribution in [3.05, 3.63) is 28.6 Å². The number of pyridine rings is 1. The van der Waals surface area contributed by atoms with Gasteiger partial charge in [0.15, 0.2) is 0 Å². The van der Waals surface area contributed by atoms with Gasteiger partial charge in [0.25, 0.3) is 0 Å². The fraction of sp³-hybridized carbons (Fsp3) is 0.667. The summed E-state index contributed by atoms with van der Waals surface area (Å²) in [5, 5.41) is 12.4. The summed E-state index contributed by atoms with van der Waals surface area (Å²) in [5.74, 6) is 0. The molecule has 0 aliphatic rings. The molecule has 0 aliphatic heterocycles. The lowest BCUT2D eigenvalue weighted by molar-refractivity contribution is 0.274. The molecule has 1 heterocycles. The van der Waals surface area contributed by atoms with Crippen LogP contribution in [0.2, 0.25) is 0 Å². The predicted molar refractivity (Wildman–Crippen MR) is 75.8 cm³/mol. The molecular weight excluding hydrogens is 224 g/mol. The summed E-state index contributed by atoms with van der Waals surface area (Å²) >= 11 is 0. The van der Waals surface area contributed by atoms with Crippen molar-refractivity contribution in [2.45, 2.75) is 59.5 Å². The number of nitrogens with zero attached hydrogens (tertiary/aromatic N) is 1. The van der Waals surface area contributed by atoms with Gasteiger partial charge in [0.1, 0.15) is 0 Å². The van der Waals surface area contributed by atoms with Crippen molar-refractivity contribution in [1.29, 1.82) is 0 Å². The van der Waals surface area contributed by atoms with Gasteiger partial charge in [0, 0.05) is 30.1 Å². The number of aryl methyl sites for hydroxylation is 3. The van der Waals surface area contributed by atoms with Crippen molar-refractivity contribution < 1.29 is 5.11 Å². The van der Waals surface area contributed by atoms with Crippen molar-refractivity contribution in [2.24, 2.45) is 0 Å². The zero-order valence-electron chi connectivity index (χ0n) is 12.2. The minimum atomic E-state index is 0.268. The average Bonchev–Trinajstić information content (AvgIpc) is 2.24. The SMILES string of the molecule is Cc1cc(C)c(C(C)NC(C)CCCO)c(C)n1. The molecule has 0 aliphatic carbocycles. The molecule has 102 valence electrons. The maximum Gasteiger partial charge on any atom is 0.0431 e. The normalized spacial score (nSPS) is 14.6. The van der Waals surface area contributed by atoms with E-state index in [4.69, 9.17) is 5.11 Å². The summed E-state index contributed by atoms with van der Waals surface area (Å²) in [6.07, 6.45) is 1.85. The number of hydrogen-bond donors (Lipinski definition) is 2. The van der Waals surface area contributed by atoms with Gasteiger partial charge >= 0.3 is 0 Å². The van der Waals surface area contributed by atoms with E-state index in [1.54, 1.807) is 0 Å². The Balaban J connectivity index is 2.75. The standard InChI is InChI=1S/C15H26N2O/c1-10-9-12(3)17-14(5)15(10)13(4)16-11(2)7-6-8-18/h9,11,13,16,18H,6-8H2,1-5H3. The van der Waals surface area contributed by atoms with Gasteiger partial charge in [0.2, 0.25) is 0 Å². The molecule has 3 heteroatoms. The summed E-state index contributed by atoms with van der Waals surface area (Å²) in [5.41, 5.74) is 4.79. The molecule has 1 rings (SSSR count). The van der Waals surface area contributed by atoms with Gasteiger partial charge in [-0.15, -0.1) is 0 Å². The first-order valence-corrected chi connectivity index (χ1v) is 6.77. The lowest BCUT2D eigenvalue weighted by Gasteiger charge is -2.23. The molecule has 18 heavy (non-hydrogen) atoms. The number of hydrogen-bond acceptors (Lipinski definition) is 3. The van der Waals surface area contributed by atoms with E-state index in [9.17, 15) is 0 Å². The van der Waals surface area contributed by atoms with Crippen LogP contribution >= 0.6 is 0 Å². The molecule has 1 aromatic heterocycles. The van der Waals surface area contributed by atoms with E-state index in [-0.39, 0.29) is 6.61 Å². The molecule has 0 bridgehead atoms. The predicted octanol–water partition coefficient (Wildman–Crippen LogP) is 2.82. The first-order valence-electron chi connectivity index (χ1n) is 6.77. The second-order valence-corrected chi connectivity index (χ2v) is 5.23. The smallest absolute Gasteiger partial charge is 0.0431 e. The van der Waals surface area contributed by atoms with Crippen molar-refractivity contribution in [3.63, 3.8) is 0 Å². The highest BCUT2D eigenvalue weighted by atomic mass is 16.2. The summed E-state index contributed by atoms with van der Waals surface area (Å²) in [7, 11) is 0. The Morgan fingerprint density at radius 1 is 1.28 bits per heavy atom. The summed E-state index contributed by atoms with van der Waals surface area (Å²) in [6, 6.07) is 2.85. The second-order valence-electron chi connectivity index (χ2n) is 5.23. The molecular formula is C15H26N2O. The van der Waals surface area contributed by atoms with E-state index in [2.05, 4.69) is 44.1 Å². The second kappa shape index (κ2) is 6.86. The van der Waals surface area contributed by atoms with Crippen LogP contribution in [0, 0.1) is 20.8 Å². The zero-order valence-corrected chi connectivity index (χ0v) is 12.2. The topological polar surface area (TPSA) is 45.1 Å². The fourth-order valence-electron chi connectivity index (χ4n) is 2.68. The third-order valence-corrected chi connectivity index (χ3v) is 3.35. The molecule has 0 amide bonds. The molecule has 0 spiro atoms. The van der Waals surface area contributed by atoms with Crippen molar-refractivity contribution >= 4 is 0 Å². The van der Waals surface area contributed by atoms with E-state index in [1.165, 1.54) is 11.1 Å². The van der Waals surface area contributed by atoms with Crippen molar-refractivity contribution in [1.82, 2.24) is 10.3 Å². The average molecular weight is 250 g/mol. The summed E-state index contributed by atoms with van der Waals surface area (Å²) in [6.45, 7) is 10.9. The highest BCUT2D eigenvalue weighted by molar-refractivity contribution is 5.33. The molecule has 0 fully saturated rings. The third-order valence-electron chi connectivity index (χ3n) is 3.35. The number of aliphatic hydroxyl groups excluding tert-OH is 1. The van der Waals surface area contributed by atoms with E-state index in [0.717, 1.165) is 24.2 Å². The van der Waals surface area contributed by atoms with Crippen LogP contribution in [0.5, 0.6) is 0 Å². The van der Waals surface area contributed by atoms with Gasteiger partial charge in [-0.3, -0.25) is 4.98 Å². The lowest BCUT2D eigenvalue weighted by atomic mass is 9.99. The molecule has 3 nitrogen and oxygen atoms in total. The number of aromatic nitrogens is 1. The quantitative estimate of drug-likeness (QED) is 0.816. The Morgan fingerprint density at radius 2 is 1.94 bits per heavy atom. The van der Waals surface area contributed by atoms with Gasteiger partial charge in [-0.2, -0.15) is 0 Å². The van der Waals surface area contributed by atoms with E-state index >= 15 is 0 Å². The lowest BCUT2D eigenvalue weighted by Crippen LogP contribution is -2.30. The first kappa shape index (κ1) is 15.1. The van der Waals surface area contributed by atoms with Crippen molar-refractivity contribution in [2.75, 3.05) is 6.61 Å². The van der Waals surface area contributed by atoms with Crippen LogP contribution in [0.25, 0.3) is 0 Å². The maximum absolute atomic E-state index is 8.85. The van der Waals surface area contributed by atoms with E-state index in [0.29, 0.717) is 12.1 Å². The first-order chi connectivity index (χ1) is 8.45. The van der Waals surface area contributed by atoms with Crippen LogP contribution in [-0.2, 0) is 0 Å². The van der Waals surface area contributed by atoms with Gasteiger partial charge in [-0.05, 0) is 64.7 Å². The zero-order chi connectivity index (χ0) is 13.7. The third kappa shape index (κ3) is 4.07. The molecule has 0 aromatic carbocycles. The number of nitrogens with one attached hydrogen (secondary N) is 1. The highest BCUT2D eigenvalue weighted by Crippen LogP contribution is 2.22. The minimum Gasteiger partial charge on any atom is -0.396 e. The molecule has 2 atom stereocenters. The number of aliphatic hydroxyl groups is 1. The van der Waals surface area contributed by atoms with E-state index < -0.39 is 0 Å². The molecule has 2 unspecified atom stereocenters. The molecule has 2 N–H and O–H groups in total. The fourth-order valence-corrected chi connectivity index (χ4v) is 2.68. The Labute approximate surface area is 111 Å². The highest BCUT2D eigenvalue weighted by Gasteiger charge is 2.14. The largest absolute Gasteiger partial charge is 0.396 e.